The number of halogens is 2. The van der Waals surface area contributed by atoms with Crippen molar-refractivity contribution in [3.05, 3.63) is 27.5 Å². The van der Waals surface area contributed by atoms with Crippen molar-refractivity contribution in [2.24, 2.45) is 0 Å². The van der Waals surface area contributed by atoms with Crippen molar-refractivity contribution in [3.8, 4) is 5.75 Å². The molecule has 1 unspecified atom stereocenters. The van der Waals surface area contributed by atoms with Crippen LogP contribution in [0.3, 0.4) is 0 Å². The Morgan fingerprint density at radius 2 is 2.38 bits per heavy atom. The van der Waals surface area contributed by atoms with E-state index in [1.807, 2.05) is 6.92 Å². The van der Waals surface area contributed by atoms with Crippen molar-refractivity contribution in [2.75, 3.05) is 19.7 Å². The van der Waals surface area contributed by atoms with Crippen LogP contribution in [-0.4, -0.2) is 24.8 Å². The van der Waals surface area contributed by atoms with Gasteiger partial charge in [0.2, 0.25) is 0 Å². The van der Waals surface area contributed by atoms with Gasteiger partial charge in [0, 0.05) is 23.1 Å². The topological polar surface area (TPSA) is 41.5 Å². The van der Waals surface area contributed by atoms with E-state index >= 15 is 0 Å². The van der Waals surface area contributed by atoms with E-state index < -0.39 is 5.82 Å². The number of hydrogen-bond donors (Lipinski definition) is 2. The van der Waals surface area contributed by atoms with Gasteiger partial charge < -0.3 is 15.2 Å². The molecule has 0 bridgehead atoms. The first-order chi connectivity index (χ1) is 7.61. The molecule has 0 radical (unpaired) electrons. The van der Waals surface area contributed by atoms with Crippen LogP contribution in [0.2, 0.25) is 0 Å². The maximum Gasteiger partial charge on any atom is 0.166 e. The summed E-state index contributed by atoms with van der Waals surface area (Å²) in [6.07, 6.45) is -0.291. The number of ether oxygens (including phenoxy) is 1. The largest absolute Gasteiger partial charge is 0.505 e. The molecule has 0 saturated carbocycles. The number of morpholine rings is 1. The lowest BCUT2D eigenvalue weighted by molar-refractivity contribution is 0.0255. The Morgan fingerprint density at radius 1 is 1.62 bits per heavy atom. The highest BCUT2D eigenvalue weighted by molar-refractivity contribution is 9.10. The highest BCUT2D eigenvalue weighted by Gasteiger charge is 2.24. The van der Waals surface area contributed by atoms with Gasteiger partial charge in [-0.1, -0.05) is 15.9 Å². The molecule has 88 valence electrons. The first-order valence-corrected chi connectivity index (χ1v) is 5.90. The number of benzene rings is 1. The summed E-state index contributed by atoms with van der Waals surface area (Å²) in [7, 11) is 0. The average Bonchev–Trinajstić information content (AvgIpc) is 2.28. The summed E-state index contributed by atoms with van der Waals surface area (Å²) in [5.74, 6) is -0.934. The second kappa shape index (κ2) is 4.69. The highest BCUT2D eigenvalue weighted by Crippen LogP contribution is 2.36. The van der Waals surface area contributed by atoms with Gasteiger partial charge in [-0.15, -0.1) is 0 Å². The monoisotopic (exact) mass is 289 g/mol. The normalized spacial score (nSPS) is 21.1. The van der Waals surface area contributed by atoms with Gasteiger partial charge in [-0.3, -0.25) is 0 Å². The molecule has 1 aliphatic rings. The van der Waals surface area contributed by atoms with Crippen LogP contribution >= 0.6 is 15.9 Å². The molecule has 3 nitrogen and oxygen atoms in total. The number of phenolic OH excluding ortho intramolecular Hbond substituents is 1. The van der Waals surface area contributed by atoms with E-state index in [1.165, 1.54) is 6.07 Å². The molecule has 1 atom stereocenters. The van der Waals surface area contributed by atoms with E-state index in [1.54, 1.807) is 0 Å². The Morgan fingerprint density at radius 3 is 3.00 bits per heavy atom. The van der Waals surface area contributed by atoms with Crippen molar-refractivity contribution in [1.82, 2.24) is 5.32 Å². The van der Waals surface area contributed by atoms with E-state index in [-0.39, 0.29) is 11.9 Å². The lowest BCUT2D eigenvalue weighted by Gasteiger charge is -2.26. The molecule has 0 aromatic heterocycles. The van der Waals surface area contributed by atoms with Gasteiger partial charge in [0.25, 0.3) is 0 Å². The molecule has 1 fully saturated rings. The van der Waals surface area contributed by atoms with E-state index in [9.17, 15) is 9.50 Å². The van der Waals surface area contributed by atoms with Crippen LogP contribution in [0.15, 0.2) is 10.5 Å². The molecule has 2 rings (SSSR count). The summed E-state index contributed by atoms with van der Waals surface area (Å²) in [4.78, 5) is 0. The number of nitrogens with one attached hydrogen (secondary N) is 1. The third kappa shape index (κ3) is 2.07. The maximum absolute atomic E-state index is 13.4. The van der Waals surface area contributed by atoms with E-state index in [0.29, 0.717) is 23.2 Å². The van der Waals surface area contributed by atoms with E-state index in [0.717, 1.165) is 12.1 Å². The van der Waals surface area contributed by atoms with Crippen molar-refractivity contribution < 1.29 is 14.2 Å². The van der Waals surface area contributed by atoms with Crippen molar-refractivity contribution in [3.63, 3.8) is 0 Å². The first-order valence-electron chi connectivity index (χ1n) is 5.11. The fourth-order valence-corrected chi connectivity index (χ4v) is 2.28. The van der Waals surface area contributed by atoms with Gasteiger partial charge in [-0.2, -0.15) is 0 Å². The molecule has 1 saturated heterocycles. The zero-order valence-electron chi connectivity index (χ0n) is 8.89. The van der Waals surface area contributed by atoms with Crippen LogP contribution in [0, 0.1) is 12.7 Å². The van der Waals surface area contributed by atoms with Gasteiger partial charge in [0.05, 0.1) is 12.7 Å². The van der Waals surface area contributed by atoms with Gasteiger partial charge in [0.1, 0.15) is 0 Å². The molecule has 1 aromatic rings. The van der Waals surface area contributed by atoms with Crippen LogP contribution in [0.5, 0.6) is 5.75 Å². The highest BCUT2D eigenvalue weighted by atomic mass is 79.9. The second-order valence-corrected chi connectivity index (χ2v) is 4.65. The minimum Gasteiger partial charge on any atom is -0.505 e. The summed E-state index contributed by atoms with van der Waals surface area (Å²) in [5, 5.41) is 12.9. The van der Waals surface area contributed by atoms with Crippen LogP contribution in [0.25, 0.3) is 0 Å². The number of hydrogen-bond acceptors (Lipinski definition) is 3. The number of phenols is 1. The third-order valence-corrected chi connectivity index (χ3v) is 3.57. The summed E-state index contributed by atoms with van der Waals surface area (Å²) < 4.78 is 19.6. The third-order valence-electron chi connectivity index (χ3n) is 2.75. The Labute approximate surface area is 102 Å². The molecule has 1 heterocycles. The molecule has 5 heteroatoms. The zero-order valence-corrected chi connectivity index (χ0v) is 10.5. The zero-order chi connectivity index (χ0) is 11.7. The Kier molecular flexibility index (Phi) is 3.47. The molecular weight excluding hydrogens is 277 g/mol. The lowest BCUT2D eigenvalue weighted by Crippen LogP contribution is -2.33. The summed E-state index contributed by atoms with van der Waals surface area (Å²) in [6, 6.07) is 1.27. The molecule has 0 amide bonds. The summed E-state index contributed by atoms with van der Waals surface area (Å²) in [6.45, 7) is 3.77. The standard InChI is InChI=1S/C11H13BrFNO2/c1-6-7(12)4-8(13)11(15)10(6)9-5-14-2-3-16-9/h4,9,14-15H,2-3,5H2,1H3. The first kappa shape index (κ1) is 11.8. The van der Waals surface area contributed by atoms with Gasteiger partial charge >= 0.3 is 0 Å². The second-order valence-electron chi connectivity index (χ2n) is 3.79. The number of aromatic hydroxyl groups is 1. The maximum atomic E-state index is 13.4. The van der Waals surface area contributed by atoms with Crippen molar-refractivity contribution in [1.29, 1.82) is 0 Å². The predicted octanol–water partition coefficient (Wildman–Crippen LogP) is 2.26. The molecule has 0 aliphatic carbocycles. The van der Waals surface area contributed by atoms with Crippen LogP contribution < -0.4 is 5.32 Å². The Balaban J connectivity index is 2.45. The SMILES string of the molecule is Cc1c(Br)cc(F)c(O)c1C1CNCCO1. The molecular formula is C11H13BrFNO2. The van der Waals surface area contributed by atoms with Crippen molar-refractivity contribution in [2.45, 2.75) is 13.0 Å². The quantitative estimate of drug-likeness (QED) is 0.833. The Bertz CT molecular complexity index is 379. The average molecular weight is 290 g/mol. The van der Waals surface area contributed by atoms with Gasteiger partial charge in [-0.25, -0.2) is 4.39 Å². The molecule has 0 spiro atoms. The Hall–Kier alpha value is -0.650. The minimum atomic E-state index is -0.623. The fourth-order valence-electron chi connectivity index (χ4n) is 1.87. The van der Waals surface area contributed by atoms with E-state index in [2.05, 4.69) is 21.2 Å². The summed E-state index contributed by atoms with van der Waals surface area (Å²) in [5.41, 5.74) is 1.34. The molecule has 2 N–H and O–H groups in total. The lowest BCUT2D eigenvalue weighted by atomic mass is 10.0. The molecule has 1 aromatic carbocycles. The van der Waals surface area contributed by atoms with Crippen LogP contribution in [-0.2, 0) is 4.74 Å². The van der Waals surface area contributed by atoms with Crippen LogP contribution in [0.4, 0.5) is 4.39 Å². The predicted molar refractivity (Wildman–Crippen MR) is 62.1 cm³/mol. The molecule has 16 heavy (non-hydrogen) atoms. The van der Waals surface area contributed by atoms with Gasteiger partial charge in [-0.05, 0) is 18.6 Å². The minimum absolute atomic E-state index is 0.291. The van der Waals surface area contributed by atoms with Gasteiger partial charge in [0.15, 0.2) is 11.6 Å². The molecule has 1 aliphatic heterocycles. The summed E-state index contributed by atoms with van der Waals surface area (Å²) >= 11 is 3.27. The number of rotatable bonds is 1. The fraction of sp³-hybridized carbons (Fsp3) is 0.455. The smallest absolute Gasteiger partial charge is 0.166 e. The van der Waals surface area contributed by atoms with Crippen LogP contribution in [0.1, 0.15) is 17.2 Å². The van der Waals surface area contributed by atoms with Crippen molar-refractivity contribution >= 4 is 15.9 Å². The van der Waals surface area contributed by atoms with E-state index in [4.69, 9.17) is 4.74 Å².